The second-order valence-electron chi connectivity index (χ2n) is 3.41. The highest BCUT2D eigenvalue weighted by Crippen LogP contribution is 2.18. The summed E-state index contributed by atoms with van der Waals surface area (Å²) in [4.78, 5) is 6.26. The van der Waals surface area contributed by atoms with Gasteiger partial charge in [-0.2, -0.15) is 0 Å². The monoisotopic (exact) mass is 219 g/mol. The van der Waals surface area contributed by atoms with Gasteiger partial charge in [0.05, 0.1) is 0 Å². The predicted molar refractivity (Wildman–Crippen MR) is 67.2 cm³/mol. The summed E-state index contributed by atoms with van der Waals surface area (Å²) >= 11 is 5.06. The van der Waals surface area contributed by atoms with Crippen LogP contribution in [0.25, 0.3) is 0 Å². The van der Waals surface area contributed by atoms with E-state index < -0.39 is 0 Å². The summed E-state index contributed by atoms with van der Waals surface area (Å²) < 4.78 is 0. The Bertz CT molecular complexity index is 386. The number of nitrogens with zero attached hydrogens (tertiary/aromatic N) is 2. The van der Waals surface area contributed by atoms with Gasteiger partial charge in [-0.15, -0.1) is 0 Å². The summed E-state index contributed by atoms with van der Waals surface area (Å²) in [6, 6.07) is 9.88. The minimum absolute atomic E-state index is 0.363. The maximum Gasteiger partial charge on any atom is 0.176 e. The molecule has 3 nitrogen and oxygen atoms in total. The lowest BCUT2D eigenvalue weighted by Gasteiger charge is -2.22. The van der Waals surface area contributed by atoms with Gasteiger partial charge in [-0.25, -0.2) is 0 Å². The fourth-order valence-electron chi connectivity index (χ4n) is 1.69. The standard InChI is InChI=1S/C11H13N3S/c12-11(15)14(10-7-4-8-13-10)9-5-2-1-3-6-9/h1-3,5-6H,4,7-8H2,(H2,12,15). The van der Waals surface area contributed by atoms with Crippen LogP contribution in [0.2, 0.25) is 0 Å². The number of hydrogen-bond acceptors (Lipinski definition) is 2. The Labute approximate surface area is 94.6 Å². The van der Waals surface area contributed by atoms with Gasteiger partial charge in [0.2, 0.25) is 0 Å². The van der Waals surface area contributed by atoms with Gasteiger partial charge in [-0.1, -0.05) is 18.2 Å². The van der Waals surface area contributed by atoms with Crippen molar-refractivity contribution < 1.29 is 0 Å². The van der Waals surface area contributed by atoms with Crippen LogP contribution in [-0.2, 0) is 0 Å². The number of thiocarbonyl (C=S) groups is 1. The van der Waals surface area contributed by atoms with Crippen molar-refractivity contribution >= 4 is 28.9 Å². The van der Waals surface area contributed by atoms with Crippen LogP contribution in [0.1, 0.15) is 12.8 Å². The lowest BCUT2D eigenvalue weighted by molar-refractivity contribution is 0.950. The topological polar surface area (TPSA) is 41.6 Å². The summed E-state index contributed by atoms with van der Waals surface area (Å²) in [5.74, 6) is 0.980. The fraction of sp³-hybridized carbons (Fsp3) is 0.273. The first-order chi connectivity index (χ1) is 7.29. The molecule has 1 aliphatic rings. The molecule has 0 bridgehead atoms. The summed E-state index contributed by atoms with van der Waals surface area (Å²) in [6.07, 6.45) is 2.04. The van der Waals surface area contributed by atoms with E-state index in [2.05, 4.69) is 4.99 Å². The molecule has 0 aromatic heterocycles. The fourth-order valence-corrected chi connectivity index (χ4v) is 1.90. The maximum absolute atomic E-state index is 5.73. The van der Waals surface area contributed by atoms with E-state index in [4.69, 9.17) is 18.0 Å². The van der Waals surface area contributed by atoms with Crippen molar-refractivity contribution in [3.05, 3.63) is 30.3 Å². The molecule has 0 unspecified atom stereocenters. The SMILES string of the molecule is NC(=S)N(C1=NCCC1)c1ccccc1. The number of benzene rings is 1. The Morgan fingerprint density at radius 2 is 2.07 bits per heavy atom. The molecular weight excluding hydrogens is 206 g/mol. The molecule has 0 fully saturated rings. The van der Waals surface area contributed by atoms with Crippen LogP contribution in [0.3, 0.4) is 0 Å². The van der Waals surface area contributed by atoms with Gasteiger partial charge in [0.1, 0.15) is 5.84 Å². The average molecular weight is 219 g/mol. The van der Waals surface area contributed by atoms with E-state index in [0.717, 1.165) is 30.9 Å². The molecular formula is C11H13N3S. The molecule has 4 heteroatoms. The normalized spacial score (nSPS) is 14.8. The minimum Gasteiger partial charge on any atom is -0.376 e. The molecule has 1 aromatic carbocycles. The van der Waals surface area contributed by atoms with Crippen LogP contribution >= 0.6 is 12.2 Å². The molecule has 0 amide bonds. The molecule has 0 radical (unpaired) electrons. The van der Waals surface area contributed by atoms with E-state index in [1.807, 2.05) is 35.2 Å². The first-order valence-electron chi connectivity index (χ1n) is 4.97. The molecule has 0 aliphatic carbocycles. The van der Waals surface area contributed by atoms with Crippen LogP contribution in [0.15, 0.2) is 35.3 Å². The molecule has 0 saturated heterocycles. The highest BCUT2D eigenvalue weighted by atomic mass is 32.1. The lowest BCUT2D eigenvalue weighted by atomic mass is 10.2. The van der Waals surface area contributed by atoms with Crippen molar-refractivity contribution in [3.8, 4) is 0 Å². The highest BCUT2D eigenvalue weighted by Gasteiger charge is 2.18. The van der Waals surface area contributed by atoms with E-state index in [1.54, 1.807) is 0 Å². The number of para-hydroxylation sites is 1. The van der Waals surface area contributed by atoms with Gasteiger partial charge < -0.3 is 5.73 Å². The van der Waals surface area contributed by atoms with Crippen LogP contribution in [-0.4, -0.2) is 17.5 Å². The van der Waals surface area contributed by atoms with E-state index >= 15 is 0 Å². The Kier molecular flexibility index (Phi) is 2.97. The molecule has 1 aromatic rings. The Balaban J connectivity index is 2.32. The van der Waals surface area contributed by atoms with Crippen LogP contribution in [0.5, 0.6) is 0 Å². The third kappa shape index (κ3) is 2.15. The Hall–Kier alpha value is -1.42. The number of anilines is 1. The second-order valence-corrected chi connectivity index (χ2v) is 3.83. The van der Waals surface area contributed by atoms with E-state index in [9.17, 15) is 0 Å². The Morgan fingerprint density at radius 3 is 2.60 bits per heavy atom. The first kappa shape index (κ1) is 10.1. The molecule has 0 spiro atoms. The molecule has 0 saturated carbocycles. The predicted octanol–water partition coefficient (Wildman–Crippen LogP) is 1.93. The van der Waals surface area contributed by atoms with Crippen LogP contribution < -0.4 is 10.6 Å². The van der Waals surface area contributed by atoms with Crippen molar-refractivity contribution in [1.82, 2.24) is 0 Å². The second kappa shape index (κ2) is 4.40. The molecule has 0 atom stereocenters. The average Bonchev–Trinajstić information content (AvgIpc) is 2.72. The summed E-state index contributed by atoms with van der Waals surface area (Å²) in [6.45, 7) is 0.876. The van der Waals surface area contributed by atoms with Crippen LogP contribution in [0.4, 0.5) is 5.69 Å². The van der Waals surface area contributed by atoms with Crippen molar-refractivity contribution in [3.63, 3.8) is 0 Å². The molecule has 1 aliphatic heterocycles. The molecule has 2 N–H and O–H groups in total. The van der Waals surface area contributed by atoms with Crippen molar-refractivity contribution in [2.75, 3.05) is 11.4 Å². The van der Waals surface area contributed by atoms with Crippen LogP contribution in [0, 0.1) is 0 Å². The van der Waals surface area contributed by atoms with Crippen molar-refractivity contribution in [2.45, 2.75) is 12.8 Å². The number of aliphatic imine (C=N–C) groups is 1. The molecule has 1 heterocycles. The highest BCUT2D eigenvalue weighted by molar-refractivity contribution is 7.80. The number of rotatable bonds is 1. The van der Waals surface area contributed by atoms with E-state index in [1.165, 1.54) is 0 Å². The smallest absolute Gasteiger partial charge is 0.176 e. The molecule has 2 rings (SSSR count). The molecule has 15 heavy (non-hydrogen) atoms. The van der Waals surface area contributed by atoms with Gasteiger partial charge >= 0.3 is 0 Å². The first-order valence-corrected chi connectivity index (χ1v) is 5.38. The van der Waals surface area contributed by atoms with Gasteiger partial charge in [0.25, 0.3) is 0 Å². The maximum atomic E-state index is 5.73. The van der Waals surface area contributed by atoms with Crippen molar-refractivity contribution in [2.24, 2.45) is 10.7 Å². The molecule has 78 valence electrons. The van der Waals surface area contributed by atoms with Gasteiger partial charge in [-0.05, 0) is 30.8 Å². The largest absolute Gasteiger partial charge is 0.376 e. The minimum atomic E-state index is 0.363. The third-order valence-corrected chi connectivity index (χ3v) is 2.53. The van der Waals surface area contributed by atoms with Gasteiger partial charge in [0.15, 0.2) is 5.11 Å². The zero-order valence-electron chi connectivity index (χ0n) is 8.39. The third-order valence-electron chi connectivity index (χ3n) is 2.35. The number of amidine groups is 1. The van der Waals surface area contributed by atoms with Gasteiger partial charge in [-0.3, -0.25) is 9.89 Å². The number of hydrogen-bond donors (Lipinski definition) is 1. The summed E-state index contributed by atoms with van der Waals surface area (Å²) in [5.41, 5.74) is 6.72. The van der Waals surface area contributed by atoms with Crippen molar-refractivity contribution in [1.29, 1.82) is 0 Å². The van der Waals surface area contributed by atoms with Gasteiger partial charge in [0, 0.05) is 18.7 Å². The van der Waals surface area contributed by atoms with E-state index in [-0.39, 0.29) is 0 Å². The zero-order valence-corrected chi connectivity index (χ0v) is 9.20. The quantitative estimate of drug-likeness (QED) is 0.734. The Morgan fingerprint density at radius 1 is 1.33 bits per heavy atom. The van der Waals surface area contributed by atoms with E-state index in [0.29, 0.717) is 5.11 Å². The lowest BCUT2D eigenvalue weighted by Crippen LogP contribution is -2.39. The zero-order chi connectivity index (χ0) is 10.7. The summed E-state index contributed by atoms with van der Waals surface area (Å²) in [7, 11) is 0. The summed E-state index contributed by atoms with van der Waals surface area (Å²) in [5, 5.41) is 0.363. The number of nitrogens with two attached hydrogens (primary N) is 1.